The Hall–Kier alpha value is -2.83. The smallest absolute Gasteiger partial charge is 0.333 e. The number of nitrogens with zero attached hydrogens (tertiary/aromatic N) is 1. The van der Waals surface area contributed by atoms with Crippen LogP contribution in [0.25, 0.3) is 0 Å². The number of nitrogens with one attached hydrogen (secondary N) is 2. The number of aliphatic carboxylic acids is 1. The van der Waals surface area contributed by atoms with Crippen LogP contribution in [0.4, 0.5) is 4.79 Å². The molecule has 0 aliphatic heterocycles. The second kappa shape index (κ2) is 6.08. The van der Waals surface area contributed by atoms with Gasteiger partial charge < -0.3 is 20.3 Å². The molecule has 0 aliphatic rings. The molecule has 0 radical (unpaired) electrons. The van der Waals surface area contributed by atoms with E-state index in [1.54, 1.807) is 36.4 Å². The van der Waals surface area contributed by atoms with Crippen molar-refractivity contribution in [2.45, 2.75) is 19.0 Å². The van der Waals surface area contributed by atoms with Gasteiger partial charge in [-0.3, -0.25) is 0 Å². The summed E-state index contributed by atoms with van der Waals surface area (Å²) in [5.74, 6) is -0.676. The van der Waals surface area contributed by atoms with Gasteiger partial charge in [0.05, 0.1) is 12.7 Å². The summed E-state index contributed by atoms with van der Waals surface area (Å²) in [6.07, 6.45) is 1.46. The third-order valence-corrected chi connectivity index (χ3v) is 3.06. The molecule has 2 rings (SSSR count). The van der Waals surface area contributed by atoms with E-state index in [1.165, 1.54) is 13.1 Å². The molecule has 0 saturated heterocycles. The average Bonchev–Trinajstić information content (AvgIpc) is 2.99. The molecule has 110 valence electrons. The number of urea groups is 1. The third-order valence-electron chi connectivity index (χ3n) is 3.06. The van der Waals surface area contributed by atoms with E-state index in [9.17, 15) is 14.7 Å². The molecule has 21 heavy (non-hydrogen) atoms. The number of carbonyl (C=O) groups excluding carboxylic acids is 1. The van der Waals surface area contributed by atoms with Gasteiger partial charge in [0.15, 0.2) is 11.3 Å². The van der Waals surface area contributed by atoms with Crippen molar-refractivity contribution in [3.05, 3.63) is 53.9 Å². The Labute approximate surface area is 120 Å². The molecular formula is C14H15N3O4. The number of hydrogen-bond acceptors (Lipinski definition) is 4. The number of carbonyl (C=O) groups is 2. The number of rotatable bonds is 5. The molecule has 1 aromatic heterocycles. The molecule has 2 amide bonds. The van der Waals surface area contributed by atoms with E-state index >= 15 is 0 Å². The highest BCUT2D eigenvalue weighted by Gasteiger charge is 2.36. The summed E-state index contributed by atoms with van der Waals surface area (Å²) in [5.41, 5.74) is -1.04. The largest absolute Gasteiger partial charge is 0.479 e. The molecule has 7 nitrogen and oxygen atoms in total. The molecular weight excluding hydrogens is 274 g/mol. The minimum absolute atomic E-state index is 0.121. The van der Waals surface area contributed by atoms with Crippen LogP contribution in [0, 0.1) is 0 Å². The van der Waals surface area contributed by atoms with Crippen LogP contribution in [-0.2, 0) is 16.9 Å². The second-order valence-corrected chi connectivity index (χ2v) is 4.58. The zero-order chi connectivity index (χ0) is 15.3. The van der Waals surface area contributed by atoms with Gasteiger partial charge in [0.25, 0.3) is 0 Å². The molecule has 3 N–H and O–H groups in total. The molecule has 2 aromatic rings. The van der Waals surface area contributed by atoms with Crippen molar-refractivity contribution in [3.63, 3.8) is 0 Å². The van der Waals surface area contributed by atoms with Crippen LogP contribution in [0.5, 0.6) is 0 Å². The summed E-state index contributed by atoms with van der Waals surface area (Å²) < 4.78 is 4.84. The first kappa shape index (κ1) is 14.6. The topological polar surface area (TPSA) is 104 Å². The maximum Gasteiger partial charge on any atom is 0.333 e. The predicted octanol–water partition coefficient (Wildman–Crippen LogP) is 1.47. The van der Waals surface area contributed by atoms with Crippen molar-refractivity contribution in [3.8, 4) is 0 Å². The van der Waals surface area contributed by atoms with Crippen LogP contribution in [-0.4, -0.2) is 22.3 Å². The molecule has 1 aromatic carbocycles. The fraction of sp³-hybridized carbons (Fsp3) is 0.214. The van der Waals surface area contributed by atoms with Crippen molar-refractivity contribution in [1.29, 1.82) is 0 Å². The van der Waals surface area contributed by atoms with E-state index in [-0.39, 0.29) is 6.54 Å². The lowest BCUT2D eigenvalue weighted by Crippen LogP contribution is -2.52. The molecule has 0 spiro atoms. The van der Waals surface area contributed by atoms with Crippen LogP contribution in [0.1, 0.15) is 18.2 Å². The van der Waals surface area contributed by atoms with Crippen molar-refractivity contribution in [1.82, 2.24) is 15.8 Å². The molecule has 1 atom stereocenters. The first-order valence-electron chi connectivity index (χ1n) is 6.27. The molecule has 0 saturated carbocycles. The van der Waals surface area contributed by atoms with Gasteiger partial charge in [0, 0.05) is 6.07 Å². The number of benzene rings is 1. The van der Waals surface area contributed by atoms with Crippen LogP contribution in [0.3, 0.4) is 0 Å². The van der Waals surface area contributed by atoms with E-state index in [1.807, 2.05) is 0 Å². The summed E-state index contributed by atoms with van der Waals surface area (Å²) in [4.78, 5) is 23.4. The molecule has 7 heteroatoms. The minimum atomic E-state index is -1.52. The first-order valence-corrected chi connectivity index (χ1v) is 6.27. The summed E-state index contributed by atoms with van der Waals surface area (Å²) in [7, 11) is 0. The lowest BCUT2D eigenvalue weighted by atomic mass is 9.92. The Morgan fingerprint density at radius 2 is 2.00 bits per heavy atom. The number of aromatic nitrogens is 1. The Bertz CT molecular complexity index is 612. The molecule has 1 unspecified atom stereocenters. The summed E-state index contributed by atoms with van der Waals surface area (Å²) in [5, 5.41) is 17.9. The second-order valence-electron chi connectivity index (χ2n) is 4.58. The SMILES string of the molecule is CC(NC(=O)NCc1ccno1)(C(=O)O)c1ccccc1. The van der Waals surface area contributed by atoms with Crippen molar-refractivity contribution in [2.24, 2.45) is 0 Å². The van der Waals surface area contributed by atoms with Crippen LogP contribution in [0.2, 0.25) is 0 Å². The fourth-order valence-electron chi connectivity index (χ4n) is 1.79. The molecule has 1 heterocycles. The van der Waals surface area contributed by atoms with Gasteiger partial charge in [-0.05, 0) is 12.5 Å². The fourth-order valence-corrected chi connectivity index (χ4v) is 1.79. The van der Waals surface area contributed by atoms with Gasteiger partial charge in [0.1, 0.15) is 0 Å². The van der Waals surface area contributed by atoms with E-state index in [0.29, 0.717) is 11.3 Å². The van der Waals surface area contributed by atoms with Crippen LogP contribution in [0.15, 0.2) is 47.1 Å². The van der Waals surface area contributed by atoms with E-state index in [4.69, 9.17) is 4.52 Å². The monoisotopic (exact) mass is 289 g/mol. The maximum atomic E-state index is 11.9. The standard InChI is InChI=1S/C14H15N3O4/c1-14(12(18)19,10-5-3-2-4-6-10)17-13(20)15-9-11-7-8-16-21-11/h2-8H,9H2,1H3,(H,18,19)(H2,15,17,20). The summed E-state index contributed by atoms with van der Waals surface area (Å²) in [6.45, 7) is 1.55. The third kappa shape index (κ3) is 3.38. The number of carboxylic acids is 1. The van der Waals surface area contributed by atoms with Crippen LogP contribution >= 0.6 is 0 Å². The first-order chi connectivity index (χ1) is 10.0. The van der Waals surface area contributed by atoms with Crippen molar-refractivity contribution >= 4 is 12.0 Å². The Kier molecular flexibility index (Phi) is 4.22. The highest BCUT2D eigenvalue weighted by molar-refractivity contribution is 5.87. The number of hydrogen-bond donors (Lipinski definition) is 3. The molecule has 0 aliphatic carbocycles. The average molecular weight is 289 g/mol. The Balaban J connectivity index is 2.06. The van der Waals surface area contributed by atoms with Crippen molar-refractivity contribution in [2.75, 3.05) is 0 Å². The maximum absolute atomic E-state index is 11.9. The zero-order valence-corrected chi connectivity index (χ0v) is 11.4. The van der Waals surface area contributed by atoms with Crippen LogP contribution < -0.4 is 10.6 Å². The number of carboxylic acid groups (broad SMARTS) is 1. The van der Waals surface area contributed by atoms with Gasteiger partial charge in [-0.25, -0.2) is 9.59 Å². The molecule has 0 fully saturated rings. The predicted molar refractivity (Wildman–Crippen MR) is 73.3 cm³/mol. The van der Waals surface area contributed by atoms with E-state index < -0.39 is 17.5 Å². The van der Waals surface area contributed by atoms with Gasteiger partial charge in [-0.2, -0.15) is 0 Å². The Morgan fingerprint density at radius 3 is 2.57 bits per heavy atom. The van der Waals surface area contributed by atoms with Gasteiger partial charge in [0.2, 0.25) is 0 Å². The normalized spacial score (nSPS) is 13.2. The molecule has 0 bridgehead atoms. The highest BCUT2D eigenvalue weighted by atomic mass is 16.5. The summed E-state index contributed by atoms with van der Waals surface area (Å²) in [6, 6.07) is 9.48. The quantitative estimate of drug-likeness (QED) is 0.773. The zero-order valence-electron chi connectivity index (χ0n) is 11.4. The Morgan fingerprint density at radius 1 is 1.29 bits per heavy atom. The van der Waals surface area contributed by atoms with Gasteiger partial charge in [-0.1, -0.05) is 35.5 Å². The lowest BCUT2D eigenvalue weighted by molar-refractivity contribution is -0.144. The lowest BCUT2D eigenvalue weighted by Gasteiger charge is -2.26. The van der Waals surface area contributed by atoms with Crippen molar-refractivity contribution < 1.29 is 19.2 Å². The summed E-state index contributed by atoms with van der Waals surface area (Å²) >= 11 is 0. The van der Waals surface area contributed by atoms with E-state index in [2.05, 4.69) is 15.8 Å². The van der Waals surface area contributed by atoms with E-state index in [0.717, 1.165) is 0 Å². The van der Waals surface area contributed by atoms with Gasteiger partial charge >= 0.3 is 12.0 Å². The minimum Gasteiger partial charge on any atom is -0.479 e. The highest BCUT2D eigenvalue weighted by Crippen LogP contribution is 2.20. The van der Waals surface area contributed by atoms with Gasteiger partial charge in [-0.15, -0.1) is 0 Å². The number of amides is 2.